The van der Waals surface area contributed by atoms with Gasteiger partial charge in [-0.2, -0.15) is 4.98 Å². The molecule has 0 unspecified atom stereocenters. The Hall–Kier alpha value is -4.05. The van der Waals surface area contributed by atoms with Gasteiger partial charge in [0.15, 0.2) is 0 Å². The van der Waals surface area contributed by atoms with Crippen LogP contribution < -0.4 is 15.6 Å². The maximum atomic E-state index is 13.1. The zero-order chi connectivity index (χ0) is 23.9. The van der Waals surface area contributed by atoms with Gasteiger partial charge in [-0.05, 0) is 60.5 Å². The monoisotopic (exact) mass is 480 g/mol. The first-order valence-electron chi connectivity index (χ1n) is 10.4. The van der Waals surface area contributed by atoms with E-state index in [-0.39, 0.29) is 18.1 Å². The largest absolute Gasteiger partial charge is 0.497 e. The summed E-state index contributed by atoms with van der Waals surface area (Å²) in [6.07, 6.45) is 1.07. The molecule has 2 aromatic carbocycles. The van der Waals surface area contributed by atoms with E-state index in [1.807, 2.05) is 24.3 Å². The second kappa shape index (κ2) is 10.7. The van der Waals surface area contributed by atoms with Crippen molar-refractivity contribution in [1.29, 1.82) is 0 Å². The topological polar surface area (TPSA) is 106 Å². The molecule has 0 radical (unpaired) electrons. The second-order valence-corrected chi connectivity index (χ2v) is 8.35. The predicted molar refractivity (Wildman–Crippen MR) is 125 cm³/mol. The molecule has 2 N–H and O–H groups in total. The molecule has 2 aromatic heterocycles. The van der Waals surface area contributed by atoms with Gasteiger partial charge in [0.25, 0.3) is 5.91 Å². The van der Waals surface area contributed by atoms with Crippen molar-refractivity contribution >= 4 is 23.2 Å². The summed E-state index contributed by atoms with van der Waals surface area (Å²) in [7, 11) is 1.59. The number of amides is 2. The van der Waals surface area contributed by atoms with Gasteiger partial charge in [-0.15, -0.1) is 11.3 Å². The average Bonchev–Trinajstić information content (AvgIpc) is 3.54. The van der Waals surface area contributed by atoms with Crippen molar-refractivity contribution in [2.75, 3.05) is 7.11 Å². The molecule has 0 atom stereocenters. The minimum absolute atomic E-state index is 0.172. The van der Waals surface area contributed by atoms with Crippen molar-refractivity contribution in [1.82, 2.24) is 21.0 Å². The molecule has 10 heteroatoms. The van der Waals surface area contributed by atoms with Gasteiger partial charge in [-0.1, -0.05) is 17.3 Å². The lowest BCUT2D eigenvalue weighted by atomic mass is 10.2. The number of nitrogens with zero attached hydrogens (tertiary/aromatic N) is 2. The van der Waals surface area contributed by atoms with Crippen LogP contribution in [0.25, 0.3) is 21.8 Å². The van der Waals surface area contributed by atoms with Crippen molar-refractivity contribution in [3.8, 4) is 27.6 Å². The fraction of sp³-hybridized carbons (Fsp3) is 0.167. The molecule has 0 aliphatic heterocycles. The Morgan fingerprint density at radius 1 is 1.00 bits per heavy atom. The molecule has 4 aromatic rings. The van der Waals surface area contributed by atoms with Crippen LogP contribution in [-0.4, -0.2) is 29.1 Å². The Morgan fingerprint density at radius 2 is 1.74 bits per heavy atom. The maximum absolute atomic E-state index is 13.1. The summed E-state index contributed by atoms with van der Waals surface area (Å²) in [5.74, 6) is 0.543. The molecule has 0 aliphatic rings. The van der Waals surface area contributed by atoms with Crippen LogP contribution in [0, 0.1) is 5.82 Å². The summed E-state index contributed by atoms with van der Waals surface area (Å²) in [5, 5.41) is 3.96. The number of carbonyl (C=O) groups excluding carboxylic acids is 2. The van der Waals surface area contributed by atoms with Gasteiger partial charge >= 0.3 is 0 Å². The zero-order valence-electron chi connectivity index (χ0n) is 18.2. The molecule has 34 heavy (non-hydrogen) atoms. The summed E-state index contributed by atoms with van der Waals surface area (Å²) in [5.41, 5.74) is 6.42. The highest BCUT2D eigenvalue weighted by atomic mass is 32.1. The number of aryl methyl sites for hydroxylation is 1. The molecule has 0 aliphatic carbocycles. The minimum atomic E-state index is -0.423. The van der Waals surface area contributed by atoms with Gasteiger partial charge < -0.3 is 9.26 Å². The third-order valence-corrected chi connectivity index (χ3v) is 6.02. The fourth-order valence-corrected chi connectivity index (χ4v) is 4.00. The van der Waals surface area contributed by atoms with Crippen molar-refractivity contribution in [2.45, 2.75) is 19.3 Å². The summed E-state index contributed by atoms with van der Waals surface area (Å²) in [6, 6.07) is 16.7. The molecule has 2 heterocycles. The van der Waals surface area contributed by atoms with Gasteiger partial charge in [0, 0.05) is 23.3 Å². The first kappa shape index (κ1) is 23.1. The number of methoxy groups -OCH3 is 1. The lowest BCUT2D eigenvalue weighted by molar-refractivity contribution is -0.121. The number of hydrogen-bond acceptors (Lipinski definition) is 7. The quantitative estimate of drug-likeness (QED) is 0.362. The van der Waals surface area contributed by atoms with E-state index in [9.17, 15) is 14.0 Å². The van der Waals surface area contributed by atoms with Gasteiger partial charge in [-0.3, -0.25) is 20.4 Å². The number of rotatable bonds is 8. The van der Waals surface area contributed by atoms with Gasteiger partial charge in [0.1, 0.15) is 11.6 Å². The molecule has 8 nitrogen and oxygen atoms in total. The van der Waals surface area contributed by atoms with Crippen LogP contribution in [0.3, 0.4) is 0 Å². The third-order valence-electron chi connectivity index (χ3n) is 4.88. The number of carbonyl (C=O) groups is 2. The molecule has 0 bridgehead atoms. The number of halogens is 1. The van der Waals surface area contributed by atoms with Crippen LogP contribution in [0.4, 0.5) is 4.39 Å². The minimum Gasteiger partial charge on any atom is -0.497 e. The lowest BCUT2D eigenvalue weighted by Crippen LogP contribution is -2.41. The molecule has 0 saturated heterocycles. The maximum Gasteiger partial charge on any atom is 0.279 e. The fourth-order valence-electron chi connectivity index (χ4n) is 3.09. The molecule has 4 rings (SSSR count). The SMILES string of the molecule is COc1ccc(-c2noc(CCCC(=O)NNC(=O)c3ccc(-c4ccc(F)cc4)s3)n2)cc1. The summed E-state index contributed by atoms with van der Waals surface area (Å²) in [6.45, 7) is 0. The molecule has 2 amide bonds. The molecule has 0 fully saturated rings. The van der Waals surface area contributed by atoms with E-state index in [1.165, 1.54) is 23.5 Å². The van der Waals surface area contributed by atoms with Crippen LogP contribution in [-0.2, 0) is 11.2 Å². The Kier molecular flexibility index (Phi) is 7.28. The van der Waals surface area contributed by atoms with Crippen molar-refractivity contribution < 1.29 is 23.2 Å². The summed E-state index contributed by atoms with van der Waals surface area (Å²) in [4.78, 5) is 30.0. The van der Waals surface area contributed by atoms with Crippen molar-refractivity contribution in [3.05, 3.63) is 77.2 Å². The van der Waals surface area contributed by atoms with E-state index in [1.54, 1.807) is 31.4 Å². The number of aromatic nitrogens is 2. The van der Waals surface area contributed by atoms with Gasteiger partial charge in [0.05, 0.1) is 12.0 Å². The molecular weight excluding hydrogens is 459 g/mol. The number of nitrogens with one attached hydrogen (secondary N) is 2. The number of hydrogen-bond donors (Lipinski definition) is 2. The summed E-state index contributed by atoms with van der Waals surface area (Å²) < 4.78 is 23.5. The van der Waals surface area contributed by atoms with Crippen LogP contribution in [0.5, 0.6) is 5.75 Å². The van der Waals surface area contributed by atoms with Crippen molar-refractivity contribution in [3.63, 3.8) is 0 Å². The number of hydrazine groups is 1. The first-order valence-corrected chi connectivity index (χ1v) is 11.3. The normalized spacial score (nSPS) is 10.6. The van der Waals surface area contributed by atoms with Crippen LogP contribution in [0.2, 0.25) is 0 Å². The standard InChI is InChI=1S/C24H21FN4O4S/c1-32-18-11-7-16(8-12-18)23-26-22(33-29-23)4-2-3-21(30)27-28-24(31)20-14-13-19(34-20)15-5-9-17(25)10-6-15/h5-14H,2-4H2,1H3,(H,27,30)(H,28,31). The van der Waals surface area contributed by atoms with E-state index in [4.69, 9.17) is 9.26 Å². The predicted octanol–water partition coefficient (Wildman–Crippen LogP) is 4.40. The number of ether oxygens (including phenoxy) is 1. The van der Waals surface area contributed by atoms with Crippen LogP contribution >= 0.6 is 11.3 Å². The second-order valence-electron chi connectivity index (χ2n) is 7.27. The highest BCUT2D eigenvalue weighted by molar-refractivity contribution is 7.17. The first-order chi connectivity index (χ1) is 16.5. The van der Waals surface area contributed by atoms with E-state index in [0.717, 1.165) is 21.8 Å². The zero-order valence-corrected chi connectivity index (χ0v) is 19.0. The van der Waals surface area contributed by atoms with E-state index < -0.39 is 5.91 Å². The highest BCUT2D eigenvalue weighted by Gasteiger charge is 2.13. The Labute approximate surface area is 198 Å². The Balaban J connectivity index is 1.21. The molecule has 0 spiro atoms. The van der Waals surface area contributed by atoms with Crippen molar-refractivity contribution in [2.24, 2.45) is 0 Å². The molecular formula is C24H21FN4O4S. The van der Waals surface area contributed by atoms with Crippen LogP contribution in [0.1, 0.15) is 28.4 Å². The van der Waals surface area contributed by atoms with E-state index >= 15 is 0 Å². The summed E-state index contributed by atoms with van der Waals surface area (Å²) >= 11 is 1.25. The van der Waals surface area contributed by atoms with Crippen LogP contribution in [0.15, 0.2) is 65.2 Å². The Bertz CT molecular complexity index is 1270. The van der Waals surface area contributed by atoms with Gasteiger partial charge in [-0.25, -0.2) is 4.39 Å². The van der Waals surface area contributed by atoms with E-state index in [2.05, 4.69) is 21.0 Å². The Morgan fingerprint density at radius 3 is 2.47 bits per heavy atom. The highest BCUT2D eigenvalue weighted by Crippen LogP contribution is 2.28. The number of benzene rings is 2. The van der Waals surface area contributed by atoms with Gasteiger partial charge in [0.2, 0.25) is 17.6 Å². The van der Waals surface area contributed by atoms with E-state index in [0.29, 0.717) is 29.4 Å². The third kappa shape index (κ3) is 5.84. The lowest BCUT2D eigenvalue weighted by Gasteiger charge is -2.05. The molecule has 174 valence electrons. The average molecular weight is 481 g/mol. The number of thiophene rings is 1. The smallest absolute Gasteiger partial charge is 0.279 e. The molecule has 0 saturated carbocycles.